The van der Waals surface area contributed by atoms with Gasteiger partial charge in [0.15, 0.2) is 0 Å². The van der Waals surface area contributed by atoms with E-state index in [0.717, 1.165) is 0 Å². The van der Waals surface area contributed by atoms with Crippen LogP contribution in [0.1, 0.15) is 10.4 Å². The maximum atomic E-state index is 12.0. The second kappa shape index (κ2) is 5.70. The lowest BCUT2D eigenvalue weighted by molar-refractivity contribution is -0.384. The number of nitrogens with one attached hydrogen (secondary N) is 1. The average Bonchev–Trinajstić information content (AvgIpc) is 2.42. The van der Waals surface area contributed by atoms with Crippen LogP contribution < -0.4 is 11.1 Å². The molecule has 6 nitrogen and oxygen atoms in total. The van der Waals surface area contributed by atoms with E-state index in [-0.39, 0.29) is 11.6 Å². The summed E-state index contributed by atoms with van der Waals surface area (Å²) in [5.41, 5.74) is 7.01. The maximum Gasteiger partial charge on any atom is 0.269 e. The van der Waals surface area contributed by atoms with Crippen LogP contribution in [0.3, 0.4) is 0 Å². The number of hydrogen-bond donors (Lipinski definition) is 2. The molecule has 0 aromatic heterocycles. The number of non-ortho nitro benzene ring substituents is 1. The Morgan fingerprint density at radius 3 is 2.40 bits per heavy atom. The molecule has 0 aliphatic rings. The molecule has 0 heterocycles. The fourth-order valence-electron chi connectivity index (χ4n) is 1.55. The minimum Gasteiger partial charge on any atom is -0.398 e. The fraction of sp³-hybridized carbons (Fsp3) is 0. The third-order valence-electron chi connectivity index (χ3n) is 2.59. The van der Waals surface area contributed by atoms with Gasteiger partial charge in [0.05, 0.1) is 4.92 Å². The summed E-state index contributed by atoms with van der Waals surface area (Å²) in [6.45, 7) is 0. The van der Waals surface area contributed by atoms with Crippen molar-refractivity contribution in [1.82, 2.24) is 0 Å². The number of nitro groups is 1. The molecule has 0 fully saturated rings. The van der Waals surface area contributed by atoms with Gasteiger partial charge in [0.1, 0.15) is 0 Å². The third-order valence-corrected chi connectivity index (χ3v) is 3.32. The van der Waals surface area contributed by atoms with E-state index in [1.165, 1.54) is 24.3 Å². The lowest BCUT2D eigenvalue weighted by Gasteiger charge is -2.06. The molecule has 0 aliphatic heterocycles. The highest BCUT2D eigenvalue weighted by Gasteiger charge is 2.09. The molecule has 0 saturated heterocycles. The molecule has 0 aliphatic carbocycles. The third kappa shape index (κ3) is 3.12. The van der Waals surface area contributed by atoms with Crippen molar-refractivity contribution < 1.29 is 9.72 Å². The smallest absolute Gasteiger partial charge is 0.269 e. The van der Waals surface area contributed by atoms with Crippen LogP contribution in [0.2, 0.25) is 0 Å². The normalized spacial score (nSPS) is 10.1. The monoisotopic (exact) mass is 335 g/mol. The maximum absolute atomic E-state index is 12.0. The van der Waals surface area contributed by atoms with Gasteiger partial charge in [0, 0.05) is 33.5 Å². The van der Waals surface area contributed by atoms with Gasteiger partial charge in [-0.3, -0.25) is 14.9 Å². The molecule has 20 heavy (non-hydrogen) atoms. The van der Waals surface area contributed by atoms with Gasteiger partial charge >= 0.3 is 0 Å². The van der Waals surface area contributed by atoms with Gasteiger partial charge in [0.2, 0.25) is 0 Å². The predicted octanol–water partition coefficient (Wildman–Crippen LogP) is 3.19. The molecule has 0 spiro atoms. The number of hydrogen-bond acceptors (Lipinski definition) is 4. The summed E-state index contributed by atoms with van der Waals surface area (Å²) in [6.07, 6.45) is 0. The first kappa shape index (κ1) is 14.0. The van der Waals surface area contributed by atoms with Crippen LogP contribution in [0.4, 0.5) is 17.1 Å². The number of carbonyl (C=O) groups is 1. The van der Waals surface area contributed by atoms with E-state index in [1.54, 1.807) is 18.2 Å². The zero-order valence-electron chi connectivity index (χ0n) is 10.2. The molecule has 0 atom stereocenters. The molecule has 102 valence electrons. The van der Waals surface area contributed by atoms with E-state index in [2.05, 4.69) is 21.2 Å². The summed E-state index contributed by atoms with van der Waals surface area (Å²) >= 11 is 3.25. The van der Waals surface area contributed by atoms with Crippen LogP contribution in [0, 0.1) is 10.1 Å². The average molecular weight is 336 g/mol. The second-order valence-corrected chi connectivity index (χ2v) is 4.85. The molecule has 7 heteroatoms. The summed E-state index contributed by atoms with van der Waals surface area (Å²) < 4.78 is 0.712. The molecular weight excluding hydrogens is 326 g/mol. The molecule has 1 amide bonds. The number of nitrogens with two attached hydrogens (primary N) is 1. The summed E-state index contributed by atoms with van der Waals surface area (Å²) in [6, 6.07) is 10.4. The zero-order valence-corrected chi connectivity index (χ0v) is 11.8. The van der Waals surface area contributed by atoms with Crippen molar-refractivity contribution in [3.8, 4) is 0 Å². The highest BCUT2D eigenvalue weighted by atomic mass is 79.9. The van der Waals surface area contributed by atoms with Crippen molar-refractivity contribution in [1.29, 1.82) is 0 Å². The minimum absolute atomic E-state index is 0.0316. The summed E-state index contributed by atoms with van der Waals surface area (Å²) in [5, 5.41) is 13.2. The molecular formula is C13H10BrN3O3. The lowest BCUT2D eigenvalue weighted by atomic mass is 10.2. The predicted molar refractivity (Wildman–Crippen MR) is 79.6 cm³/mol. The second-order valence-electron chi connectivity index (χ2n) is 3.99. The van der Waals surface area contributed by atoms with Gasteiger partial charge in [-0.25, -0.2) is 0 Å². The van der Waals surface area contributed by atoms with Crippen LogP contribution in [-0.2, 0) is 0 Å². The van der Waals surface area contributed by atoms with Crippen molar-refractivity contribution in [3.63, 3.8) is 0 Å². The Balaban J connectivity index is 2.14. The quantitative estimate of drug-likeness (QED) is 0.511. The van der Waals surface area contributed by atoms with Gasteiger partial charge in [-0.05, 0) is 46.3 Å². The first-order chi connectivity index (χ1) is 9.47. The molecule has 0 bridgehead atoms. The fourth-order valence-corrected chi connectivity index (χ4v) is 1.80. The van der Waals surface area contributed by atoms with Crippen LogP contribution in [0.25, 0.3) is 0 Å². The molecule has 2 aromatic rings. The van der Waals surface area contributed by atoms with Crippen LogP contribution in [0.5, 0.6) is 0 Å². The van der Waals surface area contributed by atoms with E-state index in [1.807, 2.05) is 0 Å². The van der Waals surface area contributed by atoms with Gasteiger partial charge in [0.25, 0.3) is 11.6 Å². The van der Waals surface area contributed by atoms with Crippen molar-refractivity contribution in [3.05, 3.63) is 62.6 Å². The van der Waals surface area contributed by atoms with Gasteiger partial charge in [-0.1, -0.05) is 0 Å². The topological polar surface area (TPSA) is 98.3 Å². The number of nitrogens with zero attached hydrogens (tertiary/aromatic N) is 1. The summed E-state index contributed by atoms with van der Waals surface area (Å²) in [7, 11) is 0. The minimum atomic E-state index is -0.499. The molecule has 2 rings (SSSR count). The van der Waals surface area contributed by atoms with E-state index >= 15 is 0 Å². The number of nitro benzene ring substituents is 1. The molecule has 0 radical (unpaired) electrons. The van der Waals surface area contributed by atoms with Gasteiger partial charge in [-0.15, -0.1) is 0 Å². The lowest BCUT2D eigenvalue weighted by Crippen LogP contribution is -2.12. The Bertz CT molecular complexity index is 671. The highest BCUT2D eigenvalue weighted by Crippen LogP contribution is 2.21. The van der Waals surface area contributed by atoms with Crippen molar-refractivity contribution >= 4 is 38.9 Å². The molecule has 0 saturated carbocycles. The standard InChI is InChI=1S/C13H10BrN3O3/c14-11-6-1-8(7-12(11)15)13(18)16-9-2-4-10(5-3-9)17(19)20/h1-7H,15H2,(H,16,18). The van der Waals surface area contributed by atoms with E-state index in [0.29, 0.717) is 21.4 Å². The van der Waals surface area contributed by atoms with Crippen LogP contribution in [-0.4, -0.2) is 10.8 Å². The Hall–Kier alpha value is -2.41. The Labute approximate surface area is 122 Å². The first-order valence-corrected chi connectivity index (χ1v) is 6.37. The molecule has 3 N–H and O–H groups in total. The zero-order chi connectivity index (χ0) is 14.7. The van der Waals surface area contributed by atoms with E-state index in [9.17, 15) is 14.9 Å². The number of benzene rings is 2. The largest absolute Gasteiger partial charge is 0.398 e. The summed E-state index contributed by atoms with van der Waals surface area (Å²) in [5.74, 6) is -0.335. The van der Waals surface area contributed by atoms with Crippen molar-refractivity contribution in [2.45, 2.75) is 0 Å². The summed E-state index contributed by atoms with van der Waals surface area (Å²) in [4.78, 5) is 22.0. The van der Waals surface area contributed by atoms with Crippen LogP contribution >= 0.6 is 15.9 Å². The van der Waals surface area contributed by atoms with E-state index in [4.69, 9.17) is 5.73 Å². The Morgan fingerprint density at radius 2 is 1.85 bits per heavy atom. The number of carbonyl (C=O) groups excluding carboxylic acids is 1. The SMILES string of the molecule is Nc1cc(C(=O)Nc2ccc([N+](=O)[O-])cc2)ccc1Br. The van der Waals surface area contributed by atoms with Gasteiger partial charge < -0.3 is 11.1 Å². The highest BCUT2D eigenvalue weighted by molar-refractivity contribution is 9.10. The first-order valence-electron chi connectivity index (χ1n) is 5.58. The van der Waals surface area contributed by atoms with Crippen molar-refractivity contribution in [2.24, 2.45) is 0 Å². The Kier molecular flexibility index (Phi) is 3.99. The number of nitrogen functional groups attached to an aromatic ring is 1. The number of halogens is 1. The molecule has 2 aromatic carbocycles. The number of anilines is 2. The number of rotatable bonds is 3. The van der Waals surface area contributed by atoms with Crippen molar-refractivity contribution in [2.75, 3.05) is 11.1 Å². The Morgan fingerprint density at radius 1 is 1.20 bits per heavy atom. The molecule has 0 unspecified atom stereocenters. The number of amides is 1. The van der Waals surface area contributed by atoms with Crippen LogP contribution in [0.15, 0.2) is 46.9 Å². The van der Waals surface area contributed by atoms with E-state index < -0.39 is 4.92 Å². The van der Waals surface area contributed by atoms with Gasteiger partial charge in [-0.2, -0.15) is 0 Å².